The molecule has 0 aliphatic carbocycles. The Morgan fingerprint density at radius 3 is 2.19 bits per heavy atom. The average Bonchev–Trinajstić information content (AvgIpc) is 3.15. The molecule has 0 unspecified atom stereocenters. The van der Waals surface area contributed by atoms with Gasteiger partial charge < -0.3 is 9.64 Å². The Hall–Kier alpha value is -3.28. The lowest BCUT2D eigenvalue weighted by molar-refractivity contribution is -0.137. The van der Waals surface area contributed by atoms with Gasteiger partial charge in [0.15, 0.2) is 0 Å². The highest BCUT2D eigenvalue weighted by Crippen LogP contribution is 2.38. The van der Waals surface area contributed by atoms with Gasteiger partial charge in [-0.1, -0.05) is 23.7 Å². The van der Waals surface area contributed by atoms with Crippen LogP contribution in [0.15, 0.2) is 72.8 Å². The number of alkyl halides is 3. The van der Waals surface area contributed by atoms with Crippen molar-refractivity contribution in [3.05, 3.63) is 88.9 Å². The molecule has 1 aliphatic heterocycles. The highest BCUT2D eigenvalue weighted by Gasteiger charge is 2.40. The molecule has 1 heterocycles. The maximum atomic E-state index is 13.3. The van der Waals surface area contributed by atoms with Gasteiger partial charge in [0, 0.05) is 23.8 Å². The molecular formula is C24H20ClF3N2O5S. The number of carbonyl (C=O) groups is 1. The van der Waals surface area contributed by atoms with Crippen molar-refractivity contribution in [2.75, 3.05) is 23.7 Å². The van der Waals surface area contributed by atoms with Crippen LogP contribution in [-0.2, 0) is 16.3 Å². The van der Waals surface area contributed by atoms with Crippen LogP contribution in [0, 0.1) is 0 Å². The van der Waals surface area contributed by atoms with Gasteiger partial charge in [-0.3, -0.25) is 9.45 Å². The van der Waals surface area contributed by atoms with Crippen molar-refractivity contribution in [2.45, 2.75) is 12.2 Å². The van der Waals surface area contributed by atoms with Crippen LogP contribution in [0.2, 0.25) is 5.02 Å². The quantitative estimate of drug-likeness (QED) is 0.370. The molecule has 3 aromatic carbocycles. The van der Waals surface area contributed by atoms with Crippen LogP contribution in [0.1, 0.15) is 17.2 Å². The number of amides is 2. The lowest BCUT2D eigenvalue weighted by atomic mass is 10.0. The van der Waals surface area contributed by atoms with E-state index < -0.39 is 39.7 Å². The largest absolute Gasteiger partial charge is 0.457 e. The minimum Gasteiger partial charge on any atom is -0.457 e. The minimum absolute atomic E-state index is 0.0707. The second kappa shape index (κ2) is 10.00. The van der Waals surface area contributed by atoms with Crippen molar-refractivity contribution >= 4 is 33.4 Å². The Morgan fingerprint density at radius 1 is 1.00 bits per heavy atom. The standard InChI is InChI=1S/C24H20ClF3N2O5S/c25-18-4-8-20(9-5-18)35-21-10-6-19(7-11-21)30-22(15-29(23(30)31)12-13-36(32,33)34)16-2-1-3-17(14-16)24(26,27)28/h1-11,14,22H,12-13,15H2,(H,32,33,34)/t22-/m1/s1. The van der Waals surface area contributed by atoms with Crippen LogP contribution >= 0.6 is 11.6 Å². The van der Waals surface area contributed by atoms with Crippen molar-refractivity contribution in [3.8, 4) is 11.5 Å². The number of rotatable bonds is 7. The Labute approximate surface area is 210 Å². The fraction of sp³-hybridized carbons (Fsp3) is 0.208. The molecule has 3 aromatic rings. The predicted octanol–water partition coefficient (Wildman–Crippen LogP) is 6.02. The van der Waals surface area contributed by atoms with E-state index in [0.29, 0.717) is 22.2 Å². The molecule has 0 saturated carbocycles. The van der Waals surface area contributed by atoms with E-state index in [1.165, 1.54) is 21.9 Å². The van der Waals surface area contributed by atoms with Gasteiger partial charge in [-0.05, 0) is 66.2 Å². The number of hydrogen-bond acceptors (Lipinski definition) is 4. The highest BCUT2D eigenvalue weighted by atomic mass is 35.5. The predicted molar refractivity (Wildman–Crippen MR) is 128 cm³/mol. The maximum Gasteiger partial charge on any atom is 0.416 e. The molecular weight excluding hydrogens is 521 g/mol. The Balaban J connectivity index is 1.64. The number of carbonyl (C=O) groups excluding carboxylic acids is 1. The topological polar surface area (TPSA) is 87.2 Å². The number of benzene rings is 3. The van der Waals surface area contributed by atoms with Crippen molar-refractivity contribution < 1.29 is 35.7 Å². The summed E-state index contributed by atoms with van der Waals surface area (Å²) in [6, 6.07) is 16.2. The first-order chi connectivity index (χ1) is 16.9. The molecule has 0 aromatic heterocycles. The molecule has 1 N–H and O–H groups in total. The Morgan fingerprint density at radius 2 is 1.61 bits per heavy atom. The summed E-state index contributed by atoms with van der Waals surface area (Å²) in [5.74, 6) is 0.282. The van der Waals surface area contributed by atoms with Gasteiger partial charge in [0.2, 0.25) is 0 Å². The lowest BCUT2D eigenvalue weighted by Crippen LogP contribution is -2.35. The number of halogens is 4. The van der Waals surface area contributed by atoms with Crippen LogP contribution < -0.4 is 9.64 Å². The van der Waals surface area contributed by atoms with Gasteiger partial charge in [0.25, 0.3) is 10.1 Å². The van der Waals surface area contributed by atoms with Crippen LogP contribution in [0.5, 0.6) is 11.5 Å². The number of urea groups is 1. The van der Waals surface area contributed by atoms with E-state index in [1.807, 2.05) is 0 Å². The van der Waals surface area contributed by atoms with Gasteiger partial charge >= 0.3 is 12.2 Å². The van der Waals surface area contributed by atoms with E-state index in [4.69, 9.17) is 20.9 Å². The molecule has 1 fully saturated rings. The molecule has 1 aliphatic rings. The first-order valence-electron chi connectivity index (χ1n) is 10.6. The third kappa shape index (κ3) is 6.10. The number of ether oxygens (including phenoxy) is 1. The van der Waals surface area contributed by atoms with Crippen LogP contribution in [-0.4, -0.2) is 42.7 Å². The zero-order valence-electron chi connectivity index (χ0n) is 18.5. The van der Waals surface area contributed by atoms with E-state index in [0.717, 1.165) is 12.1 Å². The van der Waals surface area contributed by atoms with Crippen LogP contribution in [0.3, 0.4) is 0 Å². The summed E-state index contributed by atoms with van der Waals surface area (Å²) in [6.07, 6.45) is -4.57. The molecule has 0 spiro atoms. The summed E-state index contributed by atoms with van der Waals surface area (Å²) in [4.78, 5) is 15.7. The summed E-state index contributed by atoms with van der Waals surface area (Å²) in [5.41, 5.74) is -0.259. The van der Waals surface area contributed by atoms with E-state index >= 15 is 0 Å². The van der Waals surface area contributed by atoms with Gasteiger partial charge in [0.05, 0.1) is 17.4 Å². The third-order valence-corrected chi connectivity index (χ3v) is 6.51. The van der Waals surface area contributed by atoms with Crippen molar-refractivity contribution in [2.24, 2.45) is 0 Å². The van der Waals surface area contributed by atoms with E-state index in [-0.39, 0.29) is 18.7 Å². The second-order valence-corrected chi connectivity index (χ2v) is 10.1. The van der Waals surface area contributed by atoms with Gasteiger partial charge in [-0.2, -0.15) is 21.6 Å². The summed E-state index contributed by atoms with van der Waals surface area (Å²) in [5, 5.41) is 0.546. The zero-order chi connectivity index (χ0) is 26.1. The van der Waals surface area contributed by atoms with Crippen molar-refractivity contribution in [1.29, 1.82) is 0 Å². The molecule has 12 heteroatoms. The molecule has 36 heavy (non-hydrogen) atoms. The monoisotopic (exact) mass is 540 g/mol. The summed E-state index contributed by atoms with van der Waals surface area (Å²) in [7, 11) is -4.35. The van der Waals surface area contributed by atoms with Gasteiger partial charge in [0.1, 0.15) is 11.5 Å². The van der Waals surface area contributed by atoms with E-state index in [9.17, 15) is 26.4 Å². The minimum atomic E-state index is -4.57. The summed E-state index contributed by atoms with van der Waals surface area (Å²) in [6.45, 7) is -0.389. The molecule has 1 atom stereocenters. The van der Waals surface area contributed by atoms with Crippen LogP contribution in [0.4, 0.5) is 23.7 Å². The van der Waals surface area contributed by atoms with E-state index in [1.54, 1.807) is 48.5 Å². The maximum absolute atomic E-state index is 13.3. The van der Waals surface area contributed by atoms with Gasteiger partial charge in [-0.25, -0.2) is 4.79 Å². The first kappa shape index (κ1) is 25.8. The molecule has 0 bridgehead atoms. The molecule has 7 nitrogen and oxygen atoms in total. The van der Waals surface area contributed by atoms with Crippen molar-refractivity contribution in [3.63, 3.8) is 0 Å². The number of nitrogens with zero attached hydrogens (tertiary/aromatic N) is 2. The average molecular weight is 541 g/mol. The summed E-state index contributed by atoms with van der Waals surface area (Å²) >= 11 is 5.87. The molecule has 190 valence electrons. The fourth-order valence-corrected chi connectivity index (χ4v) is 4.42. The normalized spacial score (nSPS) is 16.5. The fourth-order valence-electron chi connectivity index (χ4n) is 3.85. The SMILES string of the molecule is O=C1N(CCS(=O)(=O)O)C[C@H](c2cccc(C(F)(F)F)c2)N1c1ccc(Oc2ccc(Cl)cc2)cc1. The number of anilines is 1. The Kier molecular flexibility index (Phi) is 7.17. The summed E-state index contributed by atoms with van der Waals surface area (Å²) < 4.78 is 77.2. The second-order valence-electron chi connectivity index (χ2n) is 8.07. The smallest absolute Gasteiger partial charge is 0.416 e. The van der Waals surface area contributed by atoms with Gasteiger partial charge in [-0.15, -0.1) is 0 Å². The molecule has 4 rings (SSSR count). The highest BCUT2D eigenvalue weighted by molar-refractivity contribution is 7.85. The Bertz CT molecular complexity index is 1350. The molecule has 1 saturated heterocycles. The lowest BCUT2D eigenvalue weighted by Gasteiger charge is -2.24. The van der Waals surface area contributed by atoms with Crippen molar-refractivity contribution in [1.82, 2.24) is 4.90 Å². The molecule has 0 radical (unpaired) electrons. The molecule has 2 amide bonds. The first-order valence-corrected chi connectivity index (χ1v) is 12.6. The van der Waals surface area contributed by atoms with E-state index in [2.05, 4.69) is 0 Å². The van der Waals surface area contributed by atoms with Crippen LogP contribution in [0.25, 0.3) is 0 Å². The zero-order valence-corrected chi connectivity index (χ0v) is 20.1. The third-order valence-electron chi connectivity index (χ3n) is 5.56. The number of hydrogen-bond donors (Lipinski definition) is 1.